The number of aromatic nitrogens is 2. The zero-order valence-corrected chi connectivity index (χ0v) is 17.3. The van der Waals surface area contributed by atoms with Gasteiger partial charge in [-0.25, -0.2) is 9.31 Å². The molecule has 146 valence electrons. The van der Waals surface area contributed by atoms with Crippen molar-refractivity contribution < 1.29 is 18.7 Å². The van der Waals surface area contributed by atoms with Gasteiger partial charge in [0.1, 0.15) is 16.9 Å². The Morgan fingerprint density at radius 2 is 2.21 bits per heavy atom. The van der Waals surface area contributed by atoms with Crippen molar-refractivity contribution in [3.8, 4) is 0 Å². The normalized spacial score (nSPS) is 13.5. The average molecular weight is 454 g/mol. The van der Waals surface area contributed by atoms with E-state index >= 15 is 0 Å². The number of benzene rings is 1. The quantitative estimate of drug-likeness (QED) is 0.436. The van der Waals surface area contributed by atoms with Gasteiger partial charge in [0.05, 0.1) is 30.9 Å². The Kier molecular flexibility index (Phi) is 3.99. The highest BCUT2D eigenvalue weighted by molar-refractivity contribution is 9.10. The van der Waals surface area contributed by atoms with Crippen molar-refractivity contribution in [2.75, 3.05) is 7.11 Å². The lowest BCUT2D eigenvalue weighted by molar-refractivity contribution is 0.0600. The van der Waals surface area contributed by atoms with E-state index in [0.29, 0.717) is 29.0 Å². The van der Waals surface area contributed by atoms with E-state index in [-0.39, 0.29) is 12.5 Å². The van der Waals surface area contributed by atoms with E-state index in [1.54, 1.807) is 21.7 Å². The maximum absolute atomic E-state index is 13.0. The zero-order chi connectivity index (χ0) is 20.3. The molecule has 5 rings (SSSR count). The standard InChI is InChI=1S/C21H16BrN3O4/c1-11-14-6-13(29-19(14)15(7-17(11)22)21(27)28-2)10-24-9-12-4-3-5-25-18(12)16(8-23-25)20(24)26/h3-8H,9-10H2,1-2H3. The predicted molar refractivity (Wildman–Crippen MR) is 109 cm³/mol. The van der Waals surface area contributed by atoms with Crippen LogP contribution in [-0.4, -0.2) is 33.5 Å². The van der Waals surface area contributed by atoms with Crippen LogP contribution in [0.3, 0.4) is 0 Å². The monoisotopic (exact) mass is 453 g/mol. The Morgan fingerprint density at radius 3 is 3.00 bits per heavy atom. The Labute approximate surface area is 174 Å². The number of aryl methyl sites for hydroxylation is 1. The molecule has 29 heavy (non-hydrogen) atoms. The van der Waals surface area contributed by atoms with Crippen molar-refractivity contribution in [2.45, 2.75) is 20.0 Å². The van der Waals surface area contributed by atoms with Gasteiger partial charge in [-0.2, -0.15) is 5.10 Å². The molecule has 0 bridgehead atoms. The van der Waals surface area contributed by atoms with Gasteiger partial charge in [-0.3, -0.25) is 4.79 Å². The molecular formula is C21H16BrN3O4. The number of halogens is 1. The molecule has 0 N–H and O–H groups in total. The molecule has 0 atom stereocenters. The average Bonchev–Trinajstić information content (AvgIpc) is 3.34. The van der Waals surface area contributed by atoms with Crippen LogP contribution < -0.4 is 0 Å². The fourth-order valence-corrected chi connectivity index (χ4v) is 4.29. The van der Waals surface area contributed by atoms with Crippen molar-refractivity contribution >= 4 is 44.3 Å². The third-order valence-corrected chi connectivity index (χ3v) is 6.14. The van der Waals surface area contributed by atoms with Crippen molar-refractivity contribution in [3.05, 3.63) is 69.1 Å². The van der Waals surface area contributed by atoms with E-state index in [9.17, 15) is 9.59 Å². The molecule has 8 heteroatoms. The van der Waals surface area contributed by atoms with Gasteiger partial charge in [0.2, 0.25) is 0 Å². The van der Waals surface area contributed by atoms with Crippen molar-refractivity contribution in [2.24, 2.45) is 0 Å². The Balaban J connectivity index is 1.55. The Morgan fingerprint density at radius 1 is 1.38 bits per heavy atom. The zero-order valence-electron chi connectivity index (χ0n) is 15.7. The number of nitrogens with zero attached hydrogens (tertiary/aromatic N) is 3. The minimum absolute atomic E-state index is 0.0924. The van der Waals surface area contributed by atoms with Crippen LogP contribution in [-0.2, 0) is 17.8 Å². The van der Waals surface area contributed by atoms with E-state index in [4.69, 9.17) is 9.15 Å². The number of furan rings is 1. The van der Waals surface area contributed by atoms with E-state index in [1.807, 2.05) is 31.3 Å². The van der Waals surface area contributed by atoms with Crippen LogP contribution in [0.2, 0.25) is 0 Å². The molecule has 1 amide bonds. The molecule has 1 aliphatic rings. The summed E-state index contributed by atoms with van der Waals surface area (Å²) in [7, 11) is 1.34. The first kappa shape index (κ1) is 17.9. The topological polar surface area (TPSA) is 77.1 Å². The van der Waals surface area contributed by atoms with Crippen LogP contribution >= 0.6 is 15.9 Å². The molecule has 7 nitrogen and oxygen atoms in total. The summed E-state index contributed by atoms with van der Waals surface area (Å²) in [4.78, 5) is 26.9. The van der Waals surface area contributed by atoms with Crippen LogP contribution in [0.15, 0.2) is 45.5 Å². The summed E-state index contributed by atoms with van der Waals surface area (Å²) >= 11 is 3.49. The first-order valence-corrected chi connectivity index (χ1v) is 9.81. The molecule has 0 saturated heterocycles. The first-order chi connectivity index (χ1) is 14.0. The lowest BCUT2D eigenvalue weighted by atomic mass is 10.1. The summed E-state index contributed by atoms with van der Waals surface area (Å²) in [5.74, 6) is 0.0367. The summed E-state index contributed by atoms with van der Waals surface area (Å²) < 4.78 is 13.4. The number of carbonyl (C=O) groups is 2. The molecule has 0 aliphatic carbocycles. The van der Waals surface area contributed by atoms with Gasteiger partial charge in [-0.15, -0.1) is 0 Å². The van der Waals surface area contributed by atoms with Crippen molar-refractivity contribution in [3.63, 3.8) is 0 Å². The van der Waals surface area contributed by atoms with Crippen LogP contribution in [0, 0.1) is 6.92 Å². The van der Waals surface area contributed by atoms with Crippen LogP contribution in [0.4, 0.5) is 0 Å². The molecule has 0 fully saturated rings. The Bertz CT molecular complexity index is 1320. The van der Waals surface area contributed by atoms with Gasteiger partial charge in [-0.05, 0) is 36.2 Å². The lowest BCUT2D eigenvalue weighted by Gasteiger charge is -2.25. The van der Waals surface area contributed by atoms with E-state index in [0.717, 1.165) is 26.5 Å². The SMILES string of the molecule is COC(=O)c1cc(Br)c(C)c2cc(CN3Cc4cccn5ncc(c45)C3=O)oc12. The molecule has 1 aliphatic heterocycles. The van der Waals surface area contributed by atoms with Gasteiger partial charge in [0.25, 0.3) is 5.91 Å². The second-order valence-electron chi connectivity index (χ2n) is 7.02. The highest BCUT2D eigenvalue weighted by atomic mass is 79.9. The number of fused-ring (bicyclic) bond motifs is 1. The van der Waals surface area contributed by atoms with Crippen LogP contribution in [0.25, 0.3) is 16.5 Å². The number of ether oxygens (including phenoxy) is 1. The molecule has 4 heterocycles. The largest absolute Gasteiger partial charge is 0.465 e. The number of pyridine rings is 1. The molecule has 4 aromatic rings. The number of methoxy groups -OCH3 is 1. The van der Waals surface area contributed by atoms with Gasteiger partial charge in [-0.1, -0.05) is 22.0 Å². The Hall–Kier alpha value is -3.13. The molecule has 1 aromatic carbocycles. The maximum atomic E-state index is 13.0. The van der Waals surface area contributed by atoms with Gasteiger partial charge in [0, 0.05) is 22.6 Å². The number of carbonyl (C=O) groups excluding carboxylic acids is 2. The summed E-state index contributed by atoms with van der Waals surface area (Å²) in [6.45, 7) is 2.70. The minimum atomic E-state index is -0.471. The molecule has 0 unspecified atom stereocenters. The smallest absolute Gasteiger partial charge is 0.341 e. The summed E-state index contributed by atoms with van der Waals surface area (Å²) in [5, 5.41) is 5.08. The van der Waals surface area contributed by atoms with Gasteiger partial charge < -0.3 is 14.1 Å². The highest BCUT2D eigenvalue weighted by Gasteiger charge is 2.29. The first-order valence-electron chi connectivity index (χ1n) is 9.02. The summed E-state index contributed by atoms with van der Waals surface area (Å²) in [6, 6.07) is 7.49. The molecule has 0 spiro atoms. The van der Waals surface area contributed by atoms with E-state index in [2.05, 4.69) is 21.0 Å². The van der Waals surface area contributed by atoms with E-state index in [1.165, 1.54) is 7.11 Å². The second-order valence-corrected chi connectivity index (χ2v) is 7.88. The molecule has 3 aromatic heterocycles. The summed E-state index contributed by atoms with van der Waals surface area (Å²) in [6.07, 6.45) is 3.43. The van der Waals surface area contributed by atoms with Crippen molar-refractivity contribution in [1.82, 2.24) is 14.5 Å². The number of esters is 1. The van der Waals surface area contributed by atoms with Gasteiger partial charge in [0.15, 0.2) is 0 Å². The number of amides is 1. The number of hydrogen-bond acceptors (Lipinski definition) is 5. The summed E-state index contributed by atoms with van der Waals surface area (Å²) in [5.41, 5.74) is 4.23. The fraction of sp³-hybridized carbons (Fsp3) is 0.190. The molecular weight excluding hydrogens is 438 g/mol. The second kappa shape index (κ2) is 6.45. The highest BCUT2D eigenvalue weighted by Crippen LogP contribution is 2.34. The molecule has 0 saturated carbocycles. The van der Waals surface area contributed by atoms with Gasteiger partial charge >= 0.3 is 5.97 Å². The number of hydrogen-bond donors (Lipinski definition) is 0. The third-order valence-electron chi connectivity index (χ3n) is 5.32. The fourth-order valence-electron chi connectivity index (χ4n) is 3.85. The van der Waals surface area contributed by atoms with Crippen molar-refractivity contribution in [1.29, 1.82) is 0 Å². The number of rotatable bonds is 3. The maximum Gasteiger partial charge on any atom is 0.341 e. The van der Waals surface area contributed by atoms with Crippen LogP contribution in [0.5, 0.6) is 0 Å². The lowest BCUT2D eigenvalue weighted by Crippen LogP contribution is -2.33. The van der Waals surface area contributed by atoms with Crippen LogP contribution in [0.1, 0.15) is 37.6 Å². The molecule has 0 radical (unpaired) electrons. The third kappa shape index (κ3) is 2.66. The van der Waals surface area contributed by atoms with E-state index < -0.39 is 5.97 Å². The minimum Gasteiger partial charge on any atom is -0.465 e. The predicted octanol–water partition coefficient (Wildman–Crippen LogP) is 4.09.